The largest absolute Gasteiger partial charge is 0.416 e. The van der Waals surface area contributed by atoms with Gasteiger partial charge in [-0.25, -0.2) is 0 Å². The van der Waals surface area contributed by atoms with Crippen molar-refractivity contribution in [1.82, 2.24) is 4.90 Å². The number of nitrogens with zero attached hydrogens (tertiary/aromatic N) is 1. The highest BCUT2D eigenvalue weighted by molar-refractivity contribution is 5.25. The minimum absolute atomic E-state index is 0.106. The molecule has 1 aliphatic heterocycles. The minimum Gasteiger partial charge on any atom is -0.371 e. The van der Waals surface area contributed by atoms with Crippen molar-refractivity contribution in [3.8, 4) is 0 Å². The molecule has 5 heteroatoms. The fraction of sp³-hybridized carbons (Fsp3) is 0.429. The monoisotopic (exact) mass is 271 g/mol. The Balaban J connectivity index is 1.82. The molecule has 1 saturated heterocycles. The Morgan fingerprint density at radius 3 is 2.74 bits per heavy atom. The van der Waals surface area contributed by atoms with Crippen LogP contribution >= 0.6 is 0 Å². The van der Waals surface area contributed by atoms with Gasteiger partial charge in [-0.15, -0.1) is 6.58 Å². The van der Waals surface area contributed by atoms with Gasteiger partial charge >= 0.3 is 6.18 Å². The minimum atomic E-state index is -4.30. The van der Waals surface area contributed by atoms with Gasteiger partial charge in [0, 0.05) is 19.6 Å². The van der Waals surface area contributed by atoms with E-state index in [1.54, 1.807) is 6.07 Å². The molecule has 0 aromatic heterocycles. The molecule has 0 bridgehead atoms. The Kier molecular flexibility index (Phi) is 4.27. The first-order valence-electron chi connectivity index (χ1n) is 6.10. The van der Waals surface area contributed by atoms with Gasteiger partial charge < -0.3 is 4.74 Å². The summed E-state index contributed by atoms with van der Waals surface area (Å²) < 4.78 is 43.1. The van der Waals surface area contributed by atoms with Gasteiger partial charge in [-0.1, -0.05) is 18.2 Å². The number of hydrogen-bond donors (Lipinski definition) is 0. The van der Waals surface area contributed by atoms with Gasteiger partial charge in [0.2, 0.25) is 0 Å². The van der Waals surface area contributed by atoms with E-state index in [0.29, 0.717) is 5.56 Å². The summed E-state index contributed by atoms with van der Waals surface area (Å²) in [7, 11) is 0. The zero-order valence-corrected chi connectivity index (χ0v) is 10.5. The lowest BCUT2D eigenvalue weighted by Gasteiger charge is -2.38. The maximum Gasteiger partial charge on any atom is 0.416 e. The zero-order chi connectivity index (χ0) is 13.9. The maximum atomic E-state index is 12.5. The number of halogens is 3. The molecule has 1 aliphatic rings. The van der Waals surface area contributed by atoms with Gasteiger partial charge in [-0.3, -0.25) is 4.90 Å². The van der Waals surface area contributed by atoms with Crippen LogP contribution in [0, 0.1) is 0 Å². The van der Waals surface area contributed by atoms with E-state index >= 15 is 0 Å². The number of benzene rings is 1. The smallest absolute Gasteiger partial charge is 0.371 e. The third kappa shape index (κ3) is 3.81. The fourth-order valence-corrected chi connectivity index (χ4v) is 2.01. The molecule has 104 valence electrons. The molecule has 1 fully saturated rings. The molecule has 0 unspecified atom stereocenters. The van der Waals surface area contributed by atoms with Crippen LogP contribution in [0.15, 0.2) is 36.9 Å². The molecular weight excluding hydrogens is 255 g/mol. The summed E-state index contributed by atoms with van der Waals surface area (Å²) >= 11 is 0. The topological polar surface area (TPSA) is 12.5 Å². The van der Waals surface area contributed by atoms with Crippen LogP contribution in [0.5, 0.6) is 0 Å². The van der Waals surface area contributed by atoms with Crippen molar-refractivity contribution in [3.05, 3.63) is 48.0 Å². The van der Waals surface area contributed by atoms with Crippen molar-refractivity contribution in [1.29, 1.82) is 0 Å². The first-order valence-corrected chi connectivity index (χ1v) is 6.10. The summed E-state index contributed by atoms with van der Waals surface area (Å²) in [5, 5.41) is 0. The molecule has 2 rings (SSSR count). The Morgan fingerprint density at radius 1 is 1.37 bits per heavy atom. The van der Waals surface area contributed by atoms with Gasteiger partial charge in [-0.05, 0) is 17.7 Å². The Hall–Kier alpha value is -1.33. The number of hydrogen-bond acceptors (Lipinski definition) is 2. The van der Waals surface area contributed by atoms with Gasteiger partial charge in [0.05, 0.1) is 18.3 Å². The Labute approximate surface area is 110 Å². The second kappa shape index (κ2) is 5.75. The van der Waals surface area contributed by atoms with E-state index in [4.69, 9.17) is 4.74 Å². The van der Waals surface area contributed by atoms with E-state index in [1.807, 2.05) is 6.08 Å². The van der Waals surface area contributed by atoms with E-state index in [1.165, 1.54) is 6.07 Å². The van der Waals surface area contributed by atoms with E-state index in [9.17, 15) is 13.2 Å². The highest BCUT2D eigenvalue weighted by Gasteiger charge is 2.30. The molecule has 0 spiro atoms. The van der Waals surface area contributed by atoms with Crippen molar-refractivity contribution < 1.29 is 17.9 Å². The quantitative estimate of drug-likeness (QED) is 0.763. The van der Waals surface area contributed by atoms with Gasteiger partial charge in [-0.2, -0.15) is 13.2 Å². The normalized spacial score (nSPS) is 17.2. The molecule has 0 amide bonds. The lowest BCUT2D eigenvalue weighted by atomic mass is 10.1. The molecule has 1 heterocycles. The maximum absolute atomic E-state index is 12.5. The lowest BCUT2D eigenvalue weighted by molar-refractivity contribution is -0.137. The average Bonchev–Trinajstić information content (AvgIpc) is 2.31. The summed E-state index contributed by atoms with van der Waals surface area (Å²) in [6, 6.07) is 5.26. The van der Waals surface area contributed by atoms with Crippen LogP contribution in [0.1, 0.15) is 11.1 Å². The summed E-state index contributed by atoms with van der Waals surface area (Å²) in [5.74, 6) is 0. The third-order valence-corrected chi connectivity index (χ3v) is 3.05. The highest BCUT2D eigenvalue weighted by atomic mass is 19.4. The summed E-state index contributed by atoms with van der Waals surface area (Å²) in [4.78, 5) is 2.16. The molecule has 0 radical (unpaired) electrons. The van der Waals surface area contributed by atoms with Gasteiger partial charge in [0.25, 0.3) is 0 Å². The highest BCUT2D eigenvalue weighted by Crippen LogP contribution is 2.29. The zero-order valence-electron chi connectivity index (χ0n) is 10.5. The van der Waals surface area contributed by atoms with Crippen LogP contribution in [-0.2, 0) is 17.5 Å². The first kappa shape index (κ1) is 14.1. The molecule has 0 N–H and O–H groups in total. The standard InChI is InChI=1S/C14H16F3NO/c1-2-6-18-8-13(9-18)19-10-11-4-3-5-12(7-11)14(15,16)17/h2-5,7,13H,1,6,8-10H2. The van der Waals surface area contributed by atoms with E-state index in [0.717, 1.165) is 31.8 Å². The second-order valence-electron chi connectivity index (χ2n) is 4.64. The molecule has 0 atom stereocenters. The predicted molar refractivity (Wildman–Crippen MR) is 66.7 cm³/mol. The van der Waals surface area contributed by atoms with Crippen molar-refractivity contribution >= 4 is 0 Å². The number of likely N-dealkylation sites (tertiary alicyclic amines) is 1. The molecule has 2 nitrogen and oxygen atoms in total. The van der Waals surface area contributed by atoms with Crippen LogP contribution in [0.25, 0.3) is 0 Å². The van der Waals surface area contributed by atoms with E-state index < -0.39 is 11.7 Å². The van der Waals surface area contributed by atoms with Crippen molar-refractivity contribution in [3.63, 3.8) is 0 Å². The number of ether oxygens (including phenoxy) is 1. The second-order valence-corrected chi connectivity index (χ2v) is 4.64. The van der Waals surface area contributed by atoms with Crippen LogP contribution in [0.2, 0.25) is 0 Å². The lowest BCUT2D eigenvalue weighted by Crippen LogP contribution is -2.51. The number of alkyl halides is 3. The van der Waals surface area contributed by atoms with Crippen LogP contribution in [0.4, 0.5) is 13.2 Å². The van der Waals surface area contributed by atoms with E-state index in [-0.39, 0.29) is 12.7 Å². The van der Waals surface area contributed by atoms with Crippen molar-refractivity contribution in [2.75, 3.05) is 19.6 Å². The molecule has 0 aliphatic carbocycles. The van der Waals surface area contributed by atoms with Crippen molar-refractivity contribution in [2.24, 2.45) is 0 Å². The van der Waals surface area contributed by atoms with Crippen molar-refractivity contribution in [2.45, 2.75) is 18.9 Å². The van der Waals surface area contributed by atoms with Gasteiger partial charge in [0.1, 0.15) is 0 Å². The first-order chi connectivity index (χ1) is 8.99. The number of rotatable bonds is 5. The Bertz CT molecular complexity index is 439. The Morgan fingerprint density at radius 2 is 2.11 bits per heavy atom. The molecule has 1 aromatic carbocycles. The van der Waals surface area contributed by atoms with E-state index in [2.05, 4.69) is 11.5 Å². The average molecular weight is 271 g/mol. The third-order valence-electron chi connectivity index (χ3n) is 3.05. The predicted octanol–water partition coefficient (Wildman–Crippen LogP) is 3.09. The summed E-state index contributed by atoms with van der Waals surface area (Å²) in [6.45, 7) is 6.31. The molecular formula is C14H16F3NO. The summed E-state index contributed by atoms with van der Waals surface area (Å²) in [6.07, 6.45) is -2.37. The van der Waals surface area contributed by atoms with Crippen LogP contribution in [-0.4, -0.2) is 30.6 Å². The van der Waals surface area contributed by atoms with Crippen LogP contribution in [0.3, 0.4) is 0 Å². The molecule has 1 aromatic rings. The fourth-order valence-electron chi connectivity index (χ4n) is 2.01. The SMILES string of the molecule is C=CCN1CC(OCc2cccc(C(F)(F)F)c2)C1. The molecule has 0 saturated carbocycles. The van der Waals surface area contributed by atoms with Gasteiger partial charge in [0.15, 0.2) is 0 Å². The summed E-state index contributed by atoms with van der Waals surface area (Å²) in [5.41, 5.74) is -0.0764. The van der Waals surface area contributed by atoms with Crippen LogP contribution < -0.4 is 0 Å². The molecule has 19 heavy (non-hydrogen) atoms.